The van der Waals surface area contributed by atoms with E-state index in [9.17, 15) is 15.0 Å². The first-order valence-electron chi connectivity index (χ1n) is 10.7. The molecule has 168 valence electrons. The molecule has 2 fully saturated rings. The van der Waals surface area contributed by atoms with Crippen molar-refractivity contribution in [2.75, 3.05) is 38.1 Å². The Hall–Kier alpha value is -2.53. The highest BCUT2D eigenvalue weighted by Gasteiger charge is 2.44. The number of ether oxygens (including phenoxy) is 1. The summed E-state index contributed by atoms with van der Waals surface area (Å²) in [7, 11) is 1.82. The van der Waals surface area contributed by atoms with Crippen molar-refractivity contribution < 1.29 is 19.7 Å². The van der Waals surface area contributed by atoms with Gasteiger partial charge in [0.15, 0.2) is 0 Å². The van der Waals surface area contributed by atoms with E-state index in [1.165, 1.54) is 0 Å². The van der Waals surface area contributed by atoms with Gasteiger partial charge in [-0.3, -0.25) is 4.79 Å². The highest BCUT2D eigenvalue weighted by Crippen LogP contribution is 2.26. The van der Waals surface area contributed by atoms with Gasteiger partial charge in [-0.2, -0.15) is 0 Å². The number of nitrogens with zero attached hydrogens (tertiary/aromatic N) is 5. The molecule has 3 heterocycles. The molecule has 0 spiro atoms. The van der Waals surface area contributed by atoms with Crippen molar-refractivity contribution in [2.24, 2.45) is 0 Å². The minimum atomic E-state index is -1.11. The molecule has 2 aromatic rings. The number of para-hydroxylation sites is 1. The van der Waals surface area contributed by atoms with E-state index in [4.69, 9.17) is 4.74 Å². The predicted molar refractivity (Wildman–Crippen MR) is 113 cm³/mol. The molecule has 0 bridgehead atoms. The van der Waals surface area contributed by atoms with Crippen LogP contribution in [0.2, 0.25) is 0 Å². The van der Waals surface area contributed by atoms with Crippen LogP contribution < -0.4 is 10.2 Å². The van der Waals surface area contributed by atoms with Crippen molar-refractivity contribution in [3.8, 4) is 0 Å². The topological polar surface area (TPSA) is 116 Å². The van der Waals surface area contributed by atoms with Crippen LogP contribution in [0.1, 0.15) is 12.1 Å². The molecule has 2 aliphatic heterocycles. The summed E-state index contributed by atoms with van der Waals surface area (Å²) in [5.41, 5.74) is 1.93. The summed E-state index contributed by atoms with van der Waals surface area (Å²) in [6, 6.07) is 10.1. The number of amides is 1. The molecule has 0 unspecified atom stereocenters. The fourth-order valence-corrected chi connectivity index (χ4v) is 4.17. The average molecular weight is 431 g/mol. The number of anilines is 1. The zero-order valence-electron chi connectivity index (χ0n) is 17.7. The summed E-state index contributed by atoms with van der Waals surface area (Å²) in [6.45, 7) is 3.61. The zero-order valence-corrected chi connectivity index (χ0v) is 17.7. The Labute approximate surface area is 181 Å². The van der Waals surface area contributed by atoms with Crippen LogP contribution in [-0.2, 0) is 22.6 Å². The Bertz CT molecular complexity index is 855. The van der Waals surface area contributed by atoms with Gasteiger partial charge < -0.3 is 30.1 Å². The van der Waals surface area contributed by atoms with Crippen molar-refractivity contribution in [3.63, 3.8) is 0 Å². The van der Waals surface area contributed by atoms with Crippen LogP contribution in [0.25, 0.3) is 0 Å². The minimum Gasteiger partial charge on any atom is -0.388 e. The quantitative estimate of drug-likeness (QED) is 0.524. The van der Waals surface area contributed by atoms with E-state index in [1.807, 2.05) is 25.2 Å². The summed E-state index contributed by atoms with van der Waals surface area (Å²) in [6.07, 6.45) is -1.76. The molecule has 31 heavy (non-hydrogen) atoms. The molecule has 10 heteroatoms. The van der Waals surface area contributed by atoms with E-state index in [-0.39, 0.29) is 18.9 Å². The summed E-state index contributed by atoms with van der Waals surface area (Å²) >= 11 is 0. The lowest BCUT2D eigenvalue weighted by molar-refractivity contribution is -0.135. The Morgan fingerprint density at radius 3 is 2.55 bits per heavy atom. The second kappa shape index (κ2) is 9.73. The third-order valence-electron chi connectivity index (χ3n) is 5.90. The Morgan fingerprint density at radius 1 is 1.13 bits per heavy atom. The summed E-state index contributed by atoms with van der Waals surface area (Å²) in [4.78, 5) is 16.8. The average Bonchev–Trinajstić information content (AvgIpc) is 3.34. The van der Waals surface area contributed by atoms with Gasteiger partial charge in [0.25, 0.3) is 0 Å². The van der Waals surface area contributed by atoms with Crippen molar-refractivity contribution in [1.29, 1.82) is 0 Å². The smallest absolute Gasteiger partial charge is 0.225 e. The normalized spacial score (nSPS) is 26.4. The van der Waals surface area contributed by atoms with E-state index < -0.39 is 24.4 Å². The van der Waals surface area contributed by atoms with Gasteiger partial charge in [0.1, 0.15) is 18.3 Å². The van der Waals surface area contributed by atoms with Crippen molar-refractivity contribution >= 4 is 11.6 Å². The van der Waals surface area contributed by atoms with Gasteiger partial charge in [-0.1, -0.05) is 23.4 Å². The van der Waals surface area contributed by atoms with Crippen LogP contribution in [0.5, 0.6) is 0 Å². The van der Waals surface area contributed by atoms with Gasteiger partial charge in [-0.25, -0.2) is 4.68 Å². The molecule has 2 aliphatic rings. The van der Waals surface area contributed by atoms with Gasteiger partial charge >= 0.3 is 0 Å². The first-order valence-corrected chi connectivity index (χ1v) is 10.7. The van der Waals surface area contributed by atoms with E-state index >= 15 is 0 Å². The molecule has 3 N–H and O–H groups in total. The van der Waals surface area contributed by atoms with Crippen LogP contribution in [0, 0.1) is 0 Å². The van der Waals surface area contributed by atoms with Crippen molar-refractivity contribution in [2.45, 2.75) is 43.9 Å². The molecule has 4 atom stereocenters. The fourth-order valence-electron chi connectivity index (χ4n) is 4.17. The lowest BCUT2D eigenvalue weighted by atomic mass is 10.0. The zero-order chi connectivity index (χ0) is 21.8. The van der Waals surface area contributed by atoms with Crippen LogP contribution in [0.15, 0.2) is 36.5 Å². The van der Waals surface area contributed by atoms with Crippen LogP contribution in [0.4, 0.5) is 5.69 Å². The first-order chi connectivity index (χ1) is 15.0. The molecular formula is C21H30N6O4. The Balaban J connectivity index is 1.28. The monoisotopic (exact) mass is 430 g/mol. The number of benzene rings is 1. The highest BCUT2D eigenvalue weighted by molar-refractivity contribution is 5.77. The predicted octanol–water partition coefficient (Wildman–Crippen LogP) is -0.774. The Kier molecular flexibility index (Phi) is 6.81. The van der Waals surface area contributed by atoms with Gasteiger partial charge in [0, 0.05) is 44.6 Å². The van der Waals surface area contributed by atoms with E-state index in [0.29, 0.717) is 19.6 Å². The van der Waals surface area contributed by atoms with Gasteiger partial charge in [-0.05, 0) is 19.2 Å². The summed E-state index contributed by atoms with van der Waals surface area (Å²) in [5.74, 6) is -0.0679. The maximum Gasteiger partial charge on any atom is 0.225 e. The van der Waals surface area contributed by atoms with Crippen LogP contribution >= 0.6 is 0 Å². The van der Waals surface area contributed by atoms with Crippen molar-refractivity contribution in [3.05, 3.63) is 42.2 Å². The molecular weight excluding hydrogens is 400 g/mol. The number of hydrogen-bond acceptors (Lipinski definition) is 8. The second-order valence-electron chi connectivity index (χ2n) is 8.06. The molecule has 4 rings (SSSR count). The largest absolute Gasteiger partial charge is 0.388 e. The lowest BCUT2D eigenvalue weighted by Crippen LogP contribution is -2.49. The van der Waals surface area contributed by atoms with E-state index in [0.717, 1.165) is 24.5 Å². The number of nitrogens with one attached hydrogen (secondary N) is 1. The number of hydrogen-bond donors (Lipinski definition) is 3. The maximum atomic E-state index is 12.8. The molecule has 10 nitrogen and oxygen atoms in total. The van der Waals surface area contributed by atoms with E-state index in [2.05, 4.69) is 32.7 Å². The number of rotatable bonds is 7. The number of aromatic nitrogens is 3. The molecule has 1 aromatic carbocycles. The molecule has 1 amide bonds. The first kappa shape index (κ1) is 21.7. The van der Waals surface area contributed by atoms with Gasteiger partial charge in [0.05, 0.1) is 24.8 Å². The lowest BCUT2D eigenvalue weighted by Gasteiger charge is -2.36. The van der Waals surface area contributed by atoms with Gasteiger partial charge in [-0.15, -0.1) is 5.10 Å². The SMILES string of the molecule is CNCc1cn(C[C@H]2O[C@@H](CC(=O)N3CCN(c4ccccc4)CC3)[C@H](O)[C@@H]2O)nn1. The molecule has 0 aliphatic carbocycles. The fraction of sp³-hybridized carbons (Fsp3) is 0.571. The number of carbonyl (C=O) groups excluding carboxylic acids is 1. The summed E-state index contributed by atoms with van der Waals surface area (Å²) < 4.78 is 7.43. The third-order valence-corrected chi connectivity index (χ3v) is 5.90. The maximum absolute atomic E-state index is 12.8. The number of aliphatic hydroxyl groups excluding tert-OH is 2. The minimum absolute atomic E-state index is 0.0441. The molecule has 0 radical (unpaired) electrons. The second-order valence-corrected chi connectivity index (χ2v) is 8.06. The van der Waals surface area contributed by atoms with Crippen LogP contribution in [0.3, 0.4) is 0 Å². The molecule has 0 saturated carbocycles. The summed E-state index contributed by atoms with van der Waals surface area (Å²) in [5, 5.41) is 31.9. The van der Waals surface area contributed by atoms with E-state index in [1.54, 1.807) is 15.8 Å². The number of carbonyl (C=O) groups is 1. The number of piperazine rings is 1. The van der Waals surface area contributed by atoms with Gasteiger partial charge in [0.2, 0.25) is 5.91 Å². The molecule has 2 saturated heterocycles. The van der Waals surface area contributed by atoms with Crippen LogP contribution in [-0.4, -0.2) is 93.7 Å². The highest BCUT2D eigenvalue weighted by atomic mass is 16.5. The third kappa shape index (κ3) is 5.04. The number of aliphatic hydroxyl groups is 2. The Morgan fingerprint density at radius 2 is 1.84 bits per heavy atom. The molecule has 1 aromatic heterocycles. The van der Waals surface area contributed by atoms with Crippen molar-refractivity contribution in [1.82, 2.24) is 25.2 Å². The standard InChI is InChI=1S/C21H30N6O4/c1-22-12-15-13-27(24-23-15)14-18-21(30)20(29)17(31-18)11-19(28)26-9-7-25(8-10-26)16-5-3-2-4-6-16/h2-6,13,17-18,20-22,29-30H,7-12,14H2,1H3/t17-,18+,20-,21+/m0/s1.